The second-order valence-electron chi connectivity index (χ2n) is 14.4. The van der Waals surface area contributed by atoms with Crippen LogP contribution in [0, 0.1) is 5.92 Å². The fourth-order valence-corrected chi connectivity index (χ4v) is 8.59. The highest BCUT2D eigenvalue weighted by molar-refractivity contribution is 7.47. The summed E-state index contributed by atoms with van der Waals surface area (Å²) in [7, 11) is -10.2. The van der Waals surface area contributed by atoms with Crippen LogP contribution in [-0.2, 0) is 46.5 Å². The van der Waals surface area contributed by atoms with E-state index in [4.69, 9.17) is 34.7 Å². The van der Waals surface area contributed by atoms with E-state index in [1.54, 1.807) is 6.08 Å². The number of allylic oxidation sites excluding steroid dienone is 1. The van der Waals surface area contributed by atoms with Gasteiger partial charge in [0, 0.05) is 32.0 Å². The van der Waals surface area contributed by atoms with Crippen molar-refractivity contribution in [1.29, 1.82) is 0 Å². The zero-order valence-electron chi connectivity index (χ0n) is 31.7. The van der Waals surface area contributed by atoms with Gasteiger partial charge in [-0.1, -0.05) is 12.5 Å². The van der Waals surface area contributed by atoms with Crippen LogP contribution in [0.15, 0.2) is 42.4 Å². The fraction of sp³-hybridized carbons (Fsp3) is 0.606. The molecule has 24 nitrogen and oxygen atoms in total. The van der Waals surface area contributed by atoms with Crippen LogP contribution >= 0.6 is 15.6 Å². The minimum absolute atomic E-state index is 0.0313. The number of carbonyl (C=O) groups excluding carboxylic acids is 2. The molecule has 6 rings (SSSR count). The molecule has 26 heteroatoms. The summed E-state index contributed by atoms with van der Waals surface area (Å²) in [6.07, 6.45) is -0.956. The number of likely N-dealkylation sites (tertiary alicyclic amines) is 1. The molecule has 3 unspecified atom stereocenters. The van der Waals surface area contributed by atoms with E-state index in [1.165, 1.54) is 29.5 Å². The normalized spacial score (nSPS) is 27.7. The van der Waals surface area contributed by atoms with Crippen LogP contribution in [0.4, 0.5) is 11.6 Å². The SMILES string of the molecule is C=CCCC(=O)C[C@H]1CCCCN(CC(=O)OC2[C@@H](COP(=O)(O)OC3C[C@H](n4ccc(N)nc4=O)O[C@@H]3COP(=O)(O)O)O[C@@H](n3cnc4c(N)ncnc43)[C@H]2O)C1. The molecule has 59 heavy (non-hydrogen) atoms. The van der Waals surface area contributed by atoms with Crippen molar-refractivity contribution in [3.05, 3.63) is 48.1 Å². The standard InChI is InChI=1S/C33H47N9O15P2/c1-2-3-7-20(43)11-19-6-4-5-9-40(13-19)14-26(44)56-29-23(55-32(28(29)45)42-18-38-27-30(35)36-17-37-31(27)42)16-53-59(50,51)57-21-12-25(41-10-8-24(34)39-33(41)46)54-22(21)15-52-58(47,48)49/h2,8,10,17-19,21-23,25,28-29,32,45H,1,3-7,9,11-16H2,(H,50,51)(H2,34,39,46)(H2,35,36,37)(H2,47,48,49)/t19-,21?,22-,23-,25-,28+,29?,32-/m1/s1. The van der Waals surface area contributed by atoms with Crippen molar-refractivity contribution in [1.82, 2.24) is 34.0 Å². The summed E-state index contributed by atoms with van der Waals surface area (Å²) in [6, 6.07) is 1.29. The predicted molar refractivity (Wildman–Crippen MR) is 202 cm³/mol. The molecular weight excluding hydrogens is 824 g/mol. The van der Waals surface area contributed by atoms with Crippen LogP contribution in [0.3, 0.4) is 0 Å². The Morgan fingerprint density at radius 3 is 2.58 bits per heavy atom. The fourth-order valence-electron chi connectivity index (χ4n) is 7.29. The number of hydrogen-bond acceptors (Lipinski definition) is 19. The molecule has 8 N–H and O–H groups in total. The third-order valence-electron chi connectivity index (χ3n) is 10.0. The van der Waals surface area contributed by atoms with Crippen LogP contribution < -0.4 is 17.2 Å². The molecule has 0 aliphatic carbocycles. The molecule has 9 atom stereocenters. The van der Waals surface area contributed by atoms with E-state index < -0.39 is 83.5 Å². The first kappa shape index (κ1) is 44.5. The highest BCUT2D eigenvalue weighted by atomic mass is 31.2. The van der Waals surface area contributed by atoms with Gasteiger partial charge >= 0.3 is 27.3 Å². The molecule has 3 aliphatic heterocycles. The molecule has 6 heterocycles. The van der Waals surface area contributed by atoms with Gasteiger partial charge in [-0.25, -0.2) is 28.9 Å². The Labute approximate surface area is 336 Å². The summed E-state index contributed by atoms with van der Waals surface area (Å²) in [4.78, 5) is 85.8. The van der Waals surface area contributed by atoms with Crippen molar-refractivity contribution >= 4 is 50.2 Å². The first-order valence-electron chi connectivity index (χ1n) is 18.7. The maximum absolute atomic E-state index is 13.5. The topological polar surface area (TPSA) is 338 Å². The Balaban J connectivity index is 1.17. The van der Waals surface area contributed by atoms with E-state index in [9.17, 15) is 43.3 Å². The number of aliphatic hydroxyl groups is 1. The number of nitrogen functional groups attached to an aromatic ring is 2. The van der Waals surface area contributed by atoms with Gasteiger partial charge in [-0.3, -0.25) is 37.2 Å². The second kappa shape index (κ2) is 19.1. The number of aliphatic hydroxyl groups excluding tert-OH is 1. The van der Waals surface area contributed by atoms with Gasteiger partial charge in [-0.2, -0.15) is 4.98 Å². The van der Waals surface area contributed by atoms with E-state index in [0.717, 1.165) is 23.8 Å². The van der Waals surface area contributed by atoms with E-state index >= 15 is 0 Å². The summed E-state index contributed by atoms with van der Waals surface area (Å²) < 4.78 is 60.2. The van der Waals surface area contributed by atoms with Gasteiger partial charge in [-0.05, 0) is 37.8 Å². The number of esters is 1. The lowest BCUT2D eigenvalue weighted by molar-refractivity contribution is -0.157. The van der Waals surface area contributed by atoms with Gasteiger partial charge < -0.3 is 45.5 Å². The Kier molecular flexibility index (Phi) is 14.4. The minimum atomic E-state index is -5.15. The largest absolute Gasteiger partial charge is 0.472 e. The van der Waals surface area contributed by atoms with Gasteiger partial charge in [-0.15, -0.1) is 6.58 Å². The number of hydrogen-bond donors (Lipinski definition) is 6. The van der Waals surface area contributed by atoms with Crippen molar-refractivity contribution < 1.29 is 66.3 Å². The first-order chi connectivity index (χ1) is 28.0. The summed E-state index contributed by atoms with van der Waals surface area (Å²) in [5.74, 6) is -0.649. The molecule has 0 saturated carbocycles. The average molecular weight is 872 g/mol. The van der Waals surface area contributed by atoms with Gasteiger partial charge in [0.1, 0.15) is 54.1 Å². The molecule has 0 amide bonds. The molecule has 0 aromatic carbocycles. The van der Waals surface area contributed by atoms with Crippen LogP contribution in [0.5, 0.6) is 0 Å². The Bertz CT molecular complexity index is 2140. The third-order valence-corrected chi connectivity index (χ3v) is 11.5. The number of carbonyl (C=O) groups is 2. The van der Waals surface area contributed by atoms with Crippen LogP contribution in [0.2, 0.25) is 0 Å². The lowest BCUT2D eigenvalue weighted by Gasteiger charge is -2.26. The van der Waals surface area contributed by atoms with Gasteiger partial charge in [0.25, 0.3) is 0 Å². The zero-order chi connectivity index (χ0) is 42.5. The van der Waals surface area contributed by atoms with Crippen molar-refractivity contribution in [3.63, 3.8) is 0 Å². The number of nitrogens with zero attached hydrogens (tertiary/aromatic N) is 7. The maximum atomic E-state index is 13.5. The molecule has 324 valence electrons. The number of ketones is 1. The monoisotopic (exact) mass is 871 g/mol. The molecule has 3 aromatic rings. The molecule has 0 bridgehead atoms. The summed E-state index contributed by atoms with van der Waals surface area (Å²) in [6.45, 7) is 2.88. The molecular formula is C33H47N9O15P2. The number of ether oxygens (including phenoxy) is 3. The highest BCUT2D eigenvalue weighted by Crippen LogP contribution is 2.50. The van der Waals surface area contributed by atoms with Crippen LogP contribution in [-0.4, -0.2) is 129 Å². The first-order valence-corrected chi connectivity index (χ1v) is 21.7. The maximum Gasteiger partial charge on any atom is 0.472 e. The molecule has 0 spiro atoms. The minimum Gasteiger partial charge on any atom is -0.456 e. The van der Waals surface area contributed by atoms with Crippen molar-refractivity contribution in [2.24, 2.45) is 5.92 Å². The number of aromatic nitrogens is 6. The van der Waals surface area contributed by atoms with Crippen molar-refractivity contribution in [2.75, 3.05) is 44.3 Å². The Morgan fingerprint density at radius 2 is 1.83 bits per heavy atom. The summed E-state index contributed by atoms with van der Waals surface area (Å²) in [5, 5.41) is 11.6. The van der Waals surface area contributed by atoms with Gasteiger partial charge in [0.05, 0.1) is 26.1 Å². The number of Topliss-reactive ketones (excluding diaryl/α,β-unsaturated/α-hetero) is 1. The Hall–Kier alpha value is -4.03. The highest BCUT2D eigenvalue weighted by Gasteiger charge is 2.50. The van der Waals surface area contributed by atoms with Crippen molar-refractivity contribution in [3.8, 4) is 0 Å². The van der Waals surface area contributed by atoms with E-state index in [-0.39, 0.29) is 47.5 Å². The lowest BCUT2D eigenvalue weighted by atomic mass is 9.95. The Morgan fingerprint density at radius 1 is 1.05 bits per heavy atom. The number of phosphoric acid groups is 2. The third kappa shape index (κ3) is 11.6. The average Bonchev–Trinajstić information content (AvgIpc) is 3.80. The number of fused-ring (bicyclic) bond motifs is 1. The number of rotatable bonds is 18. The molecule has 3 saturated heterocycles. The quantitative estimate of drug-likeness (QED) is 0.0570. The van der Waals surface area contributed by atoms with E-state index in [2.05, 4.69) is 31.0 Å². The van der Waals surface area contributed by atoms with Gasteiger partial charge in [0.15, 0.2) is 23.8 Å². The van der Waals surface area contributed by atoms with Crippen molar-refractivity contribution in [2.45, 2.75) is 87.9 Å². The van der Waals surface area contributed by atoms with Crippen LogP contribution in [0.1, 0.15) is 57.4 Å². The second-order valence-corrected chi connectivity index (χ2v) is 17.0. The lowest BCUT2D eigenvalue weighted by Crippen LogP contribution is -2.42. The molecule has 3 aliphatic rings. The summed E-state index contributed by atoms with van der Waals surface area (Å²) >= 11 is 0. The molecule has 3 aromatic heterocycles. The molecule has 0 radical (unpaired) electrons. The number of anilines is 2. The molecule has 3 fully saturated rings. The zero-order valence-corrected chi connectivity index (χ0v) is 33.4. The van der Waals surface area contributed by atoms with Crippen LogP contribution in [0.25, 0.3) is 11.2 Å². The number of nitrogens with two attached hydrogens (primary N) is 2. The number of imidazole rings is 1. The summed E-state index contributed by atoms with van der Waals surface area (Å²) in [5.41, 5.74) is 11.0. The van der Waals surface area contributed by atoms with E-state index in [0.29, 0.717) is 32.4 Å². The predicted octanol–water partition coefficient (Wildman–Crippen LogP) is 0.344. The smallest absolute Gasteiger partial charge is 0.456 e. The van der Waals surface area contributed by atoms with E-state index in [1.807, 2.05) is 4.90 Å². The number of phosphoric ester groups is 2. The van der Waals surface area contributed by atoms with Gasteiger partial charge in [0.2, 0.25) is 0 Å².